The van der Waals surface area contributed by atoms with Crippen molar-refractivity contribution in [2.45, 2.75) is 6.92 Å². The summed E-state index contributed by atoms with van der Waals surface area (Å²) in [6, 6.07) is 1.77. The van der Waals surface area contributed by atoms with Crippen molar-refractivity contribution in [2.75, 3.05) is 5.84 Å². The fraction of sp³-hybridized carbons (Fsp3) is 0.167. The molecule has 0 atom stereocenters. The lowest BCUT2D eigenvalue weighted by atomic mass is 10.3. The second-order valence-electron chi connectivity index (χ2n) is 2.03. The van der Waals surface area contributed by atoms with Gasteiger partial charge in [-0.3, -0.25) is 4.79 Å². The number of aromatic nitrogens is 1. The summed E-state index contributed by atoms with van der Waals surface area (Å²) in [4.78, 5) is 11.0. The van der Waals surface area contributed by atoms with Gasteiger partial charge >= 0.3 is 0 Å². The van der Waals surface area contributed by atoms with E-state index < -0.39 is 0 Å². The summed E-state index contributed by atoms with van der Waals surface area (Å²) in [7, 11) is 0. The summed E-state index contributed by atoms with van der Waals surface area (Å²) in [6.07, 6.45) is 1.53. The van der Waals surface area contributed by atoms with Gasteiger partial charge in [-0.2, -0.15) is 0 Å². The smallest absolute Gasteiger partial charge is 0.283 e. The lowest BCUT2D eigenvalue weighted by molar-refractivity contribution is 0.920. The van der Waals surface area contributed by atoms with E-state index in [1.54, 1.807) is 6.07 Å². The van der Waals surface area contributed by atoms with E-state index in [-0.39, 0.29) is 5.56 Å². The molecule has 0 fully saturated rings. The molecule has 1 heterocycles. The van der Waals surface area contributed by atoms with E-state index in [1.807, 2.05) is 6.92 Å². The quantitative estimate of drug-likeness (QED) is 0.628. The van der Waals surface area contributed by atoms with Crippen molar-refractivity contribution in [1.82, 2.24) is 4.68 Å². The number of halogens is 1. The summed E-state index contributed by atoms with van der Waals surface area (Å²) in [5, 5.41) is 0. The number of rotatable bonds is 0. The number of hydrogen-bond acceptors (Lipinski definition) is 2. The Morgan fingerprint density at radius 3 is 2.80 bits per heavy atom. The molecule has 54 valence electrons. The van der Waals surface area contributed by atoms with Crippen LogP contribution in [0.3, 0.4) is 0 Å². The average molecular weight is 203 g/mol. The zero-order valence-electron chi connectivity index (χ0n) is 5.47. The Morgan fingerprint density at radius 2 is 2.30 bits per heavy atom. The molecule has 0 saturated heterocycles. The molecule has 1 aromatic heterocycles. The van der Waals surface area contributed by atoms with E-state index in [0.29, 0.717) is 4.47 Å². The molecule has 0 amide bonds. The molecule has 0 aromatic carbocycles. The fourth-order valence-corrected chi connectivity index (χ4v) is 0.952. The zero-order valence-corrected chi connectivity index (χ0v) is 7.05. The molecule has 0 saturated carbocycles. The number of nitrogen functional groups attached to an aromatic ring is 1. The van der Waals surface area contributed by atoms with E-state index in [1.165, 1.54) is 6.20 Å². The molecule has 0 aliphatic carbocycles. The molecule has 2 N–H and O–H groups in total. The highest BCUT2D eigenvalue weighted by atomic mass is 79.9. The molecule has 0 spiro atoms. The summed E-state index contributed by atoms with van der Waals surface area (Å²) < 4.78 is 1.56. The lowest BCUT2D eigenvalue weighted by Crippen LogP contribution is -2.27. The van der Waals surface area contributed by atoms with Crippen LogP contribution in [0.2, 0.25) is 0 Å². The molecule has 3 nitrogen and oxygen atoms in total. The van der Waals surface area contributed by atoms with Gasteiger partial charge in [0.05, 0.1) is 4.47 Å². The van der Waals surface area contributed by atoms with Crippen LogP contribution in [0.5, 0.6) is 0 Å². The second kappa shape index (κ2) is 2.46. The predicted octanol–water partition coefficient (Wildman–Crippen LogP) is 0.633. The first-order valence-corrected chi connectivity index (χ1v) is 3.55. The summed E-state index contributed by atoms with van der Waals surface area (Å²) in [6.45, 7) is 1.84. The van der Waals surface area contributed by atoms with Gasteiger partial charge in [-0.1, -0.05) is 0 Å². The molecule has 1 aromatic rings. The van der Waals surface area contributed by atoms with Gasteiger partial charge < -0.3 is 5.84 Å². The number of nitrogens with two attached hydrogens (primary N) is 1. The van der Waals surface area contributed by atoms with Gasteiger partial charge in [0.2, 0.25) is 0 Å². The number of hydrogen-bond donors (Lipinski definition) is 1. The highest BCUT2D eigenvalue weighted by Gasteiger charge is 1.99. The molecular formula is C6H7BrN2O. The Bertz CT molecular complexity index is 305. The molecule has 0 unspecified atom stereocenters. The number of pyridine rings is 1. The Labute approximate surface area is 66.6 Å². The van der Waals surface area contributed by atoms with Gasteiger partial charge in [0.1, 0.15) is 0 Å². The Kier molecular flexibility index (Phi) is 1.80. The van der Waals surface area contributed by atoms with Crippen LogP contribution in [0, 0.1) is 6.92 Å². The van der Waals surface area contributed by atoms with Crippen molar-refractivity contribution in [1.29, 1.82) is 0 Å². The highest BCUT2D eigenvalue weighted by molar-refractivity contribution is 9.10. The van der Waals surface area contributed by atoms with Crippen LogP contribution in [0.1, 0.15) is 5.56 Å². The van der Waals surface area contributed by atoms with E-state index >= 15 is 0 Å². The Morgan fingerprint density at radius 1 is 1.70 bits per heavy atom. The molecule has 10 heavy (non-hydrogen) atoms. The molecule has 1 rings (SSSR count). The van der Waals surface area contributed by atoms with E-state index in [0.717, 1.165) is 10.2 Å². The first kappa shape index (κ1) is 7.34. The molecule has 4 heteroatoms. The molecule has 0 aliphatic heterocycles. The SMILES string of the molecule is Cc1ccn(N)c(=O)c1Br. The maximum atomic E-state index is 11.0. The molecule has 0 aliphatic rings. The maximum absolute atomic E-state index is 11.0. The van der Waals surface area contributed by atoms with Crippen LogP contribution in [-0.4, -0.2) is 4.68 Å². The van der Waals surface area contributed by atoms with Crippen molar-refractivity contribution < 1.29 is 0 Å². The second-order valence-corrected chi connectivity index (χ2v) is 2.82. The first-order chi connectivity index (χ1) is 4.63. The third-order valence-electron chi connectivity index (χ3n) is 1.25. The third kappa shape index (κ3) is 1.07. The minimum atomic E-state index is -0.208. The third-order valence-corrected chi connectivity index (χ3v) is 2.22. The Hall–Kier alpha value is -0.770. The van der Waals surface area contributed by atoms with Crippen LogP contribution in [0.25, 0.3) is 0 Å². The van der Waals surface area contributed by atoms with Gasteiger partial charge in [0.25, 0.3) is 5.56 Å². The monoisotopic (exact) mass is 202 g/mol. The fourth-order valence-electron chi connectivity index (χ4n) is 0.615. The van der Waals surface area contributed by atoms with Gasteiger partial charge in [0, 0.05) is 6.20 Å². The largest absolute Gasteiger partial charge is 0.336 e. The van der Waals surface area contributed by atoms with Gasteiger partial charge in [-0.15, -0.1) is 0 Å². The predicted molar refractivity (Wildman–Crippen MR) is 43.3 cm³/mol. The van der Waals surface area contributed by atoms with Crippen LogP contribution in [0.4, 0.5) is 0 Å². The summed E-state index contributed by atoms with van der Waals surface area (Å²) >= 11 is 3.12. The van der Waals surface area contributed by atoms with Crippen LogP contribution < -0.4 is 11.4 Å². The van der Waals surface area contributed by atoms with Crippen molar-refractivity contribution >= 4 is 15.9 Å². The van der Waals surface area contributed by atoms with E-state index in [4.69, 9.17) is 5.84 Å². The van der Waals surface area contributed by atoms with E-state index in [9.17, 15) is 4.79 Å². The minimum Gasteiger partial charge on any atom is -0.336 e. The number of nitrogens with zero attached hydrogens (tertiary/aromatic N) is 1. The van der Waals surface area contributed by atoms with Crippen molar-refractivity contribution in [2.24, 2.45) is 0 Å². The summed E-state index contributed by atoms with van der Waals surface area (Å²) in [5.74, 6) is 5.26. The summed E-state index contributed by atoms with van der Waals surface area (Å²) in [5.41, 5.74) is 0.687. The first-order valence-electron chi connectivity index (χ1n) is 2.76. The number of aryl methyl sites for hydroxylation is 1. The average Bonchev–Trinajstić information content (AvgIpc) is 1.93. The standard InChI is InChI=1S/C6H7BrN2O/c1-4-2-3-9(8)6(10)5(4)7/h2-3H,8H2,1H3. The normalized spacial score (nSPS) is 9.80. The zero-order chi connectivity index (χ0) is 7.72. The maximum Gasteiger partial charge on any atom is 0.283 e. The molecular weight excluding hydrogens is 196 g/mol. The van der Waals surface area contributed by atoms with E-state index in [2.05, 4.69) is 15.9 Å². The van der Waals surface area contributed by atoms with Gasteiger partial charge in [-0.05, 0) is 34.5 Å². The van der Waals surface area contributed by atoms with Crippen molar-refractivity contribution in [3.05, 3.63) is 32.7 Å². The van der Waals surface area contributed by atoms with Crippen LogP contribution in [-0.2, 0) is 0 Å². The van der Waals surface area contributed by atoms with Crippen LogP contribution in [0.15, 0.2) is 21.5 Å². The van der Waals surface area contributed by atoms with Gasteiger partial charge in [0.15, 0.2) is 0 Å². The highest BCUT2D eigenvalue weighted by Crippen LogP contribution is 2.07. The minimum absolute atomic E-state index is 0.208. The molecule has 0 radical (unpaired) electrons. The lowest BCUT2D eigenvalue weighted by Gasteiger charge is -1.98. The Balaban J connectivity index is 3.50. The van der Waals surface area contributed by atoms with Crippen molar-refractivity contribution in [3.8, 4) is 0 Å². The van der Waals surface area contributed by atoms with Crippen LogP contribution >= 0.6 is 15.9 Å². The van der Waals surface area contributed by atoms with Crippen molar-refractivity contribution in [3.63, 3.8) is 0 Å². The van der Waals surface area contributed by atoms with Gasteiger partial charge in [-0.25, -0.2) is 4.68 Å². The topological polar surface area (TPSA) is 48.0 Å². The molecule has 0 bridgehead atoms.